The Labute approximate surface area is 198 Å². The zero-order valence-corrected chi connectivity index (χ0v) is 19.2. The van der Waals surface area contributed by atoms with Crippen molar-refractivity contribution in [2.75, 3.05) is 13.2 Å². The van der Waals surface area contributed by atoms with Crippen molar-refractivity contribution < 1.29 is 23.8 Å². The van der Waals surface area contributed by atoms with Crippen LogP contribution in [0.5, 0.6) is 11.5 Å². The van der Waals surface area contributed by atoms with Crippen LogP contribution in [0.4, 0.5) is 0 Å². The van der Waals surface area contributed by atoms with Crippen LogP contribution in [0.3, 0.4) is 0 Å². The molecule has 0 saturated heterocycles. The quantitative estimate of drug-likeness (QED) is 0.276. The van der Waals surface area contributed by atoms with Crippen LogP contribution in [-0.2, 0) is 4.79 Å². The molecular weight excluding hydrogens is 430 g/mol. The highest BCUT2D eigenvalue weighted by Gasteiger charge is 2.16. The maximum Gasteiger partial charge on any atom is 0.303 e. The van der Waals surface area contributed by atoms with E-state index in [2.05, 4.69) is 0 Å². The third kappa shape index (κ3) is 5.16. The van der Waals surface area contributed by atoms with E-state index in [0.29, 0.717) is 36.2 Å². The molecule has 5 rings (SSSR count). The van der Waals surface area contributed by atoms with Gasteiger partial charge in [0.25, 0.3) is 0 Å². The van der Waals surface area contributed by atoms with Gasteiger partial charge in [0.2, 0.25) is 5.89 Å². The summed E-state index contributed by atoms with van der Waals surface area (Å²) in [7, 11) is 0. The number of aliphatic carboxylic acids is 1. The predicted octanol–water partition coefficient (Wildman–Crippen LogP) is 6.85. The van der Waals surface area contributed by atoms with Gasteiger partial charge in [0, 0.05) is 18.1 Å². The maximum absolute atomic E-state index is 10.7. The van der Waals surface area contributed by atoms with E-state index in [-0.39, 0.29) is 6.42 Å². The minimum absolute atomic E-state index is 0.1000. The summed E-state index contributed by atoms with van der Waals surface area (Å²) in [5.41, 5.74) is 2.43. The van der Waals surface area contributed by atoms with Gasteiger partial charge < -0.3 is 19.0 Å². The van der Waals surface area contributed by atoms with Crippen molar-refractivity contribution in [3.05, 3.63) is 54.6 Å². The third-order valence-corrected chi connectivity index (χ3v) is 6.46. The lowest BCUT2D eigenvalue weighted by molar-refractivity contribution is -0.137. The molecule has 4 aromatic rings. The van der Waals surface area contributed by atoms with Crippen molar-refractivity contribution in [1.82, 2.24) is 4.98 Å². The summed E-state index contributed by atoms with van der Waals surface area (Å²) < 4.78 is 17.9. The van der Waals surface area contributed by atoms with Gasteiger partial charge in [-0.3, -0.25) is 4.79 Å². The molecule has 1 aliphatic carbocycles. The molecule has 176 valence electrons. The van der Waals surface area contributed by atoms with E-state index >= 15 is 0 Å². The molecule has 1 heterocycles. The number of fused-ring (bicyclic) bond motifs is 2. The van der Waals surface area contributed by atoms with Crippen LogP contribution < -0.4 is 9.47 Å². The normalized spacial score (nSPS) is 14.5. The first kappa shape index (κ1) is 22.3. The molecular formula is C28H29NO5. The third-order valence-electron chi connectivity index (χ3n) is 6.46. The van der Waals surface area contributed by atoms with Gasteiger partial charge in [0.05, 0.1) is 13.2 Å². The number of hydrogen-bond acceptors (Lipinski definition) is 5. The fourth-order valence-electron chi connectivity index (χ4n) is 4.63. The number of benzene rings is 3. The summed E-state index contributed by atoms with van der Waals surface area (Å²) in [6.45, 7) is 1.13. The molecule has 1 N–H and O–H groups in total. The average Bonchev–Trinajstić information content (AvgIpc) is 3.28. The summed E-state index contributed by atoms with van der Waals surface area (Å²) in [4.78, 5) is 15.4. The highest BCUT2D eigenvalue weighted by molar-refractivity contribution is 5.96. The predicted molar refractivity (Wildman–Crippen MR) is 131 cm³/mol. The van der Waals surface area contributed by atoms with Crippen molar-refractivity contribution in [1.29, 1.82) is 0 Å². The monoisotopic (exact) mass is 459 g/mol. The van der Waals surface area contributed by atoms with E-state index < -0.39 is 5.97 Å². The minimum atomic E-state index is -0.812. The number of carbonyl (C=O) groups is 1. The molecule has 1 fully saturated rings. The Morgan fingerprint density at radius 2 is 1.82 bits per heavy atom. The molecule has 0 atom stereocenters. The summed E-state index contributed by atoms with van der Waals surface area (Å²) >= 11 is 0. The number of carboxylic acid groups (broad SMARTS) is 1. The van der Waals surface area contributed by atoms with E-state index in [1.165, 1.54) is 32.1 Å². The number of ether oxygens (including phenoxy) is 2. The van der Waals surface area contributed by atoms with Gasteiger partial charge >= 0.3 is 5.97 Å². The zero-order valence-electron chi connectivity index (χ0n) is 19.2. The zero-order chi connectivity index (χ0) is 23.3. The lowest BCUT2D eigenvalue weighted by Gasteiger charge is -2.21. The second-order valence-corrected chi connectivity index (χ2v) is 9.00. The second kappa shape index (κ2) is 10.2. The number of aromatic nitrogens is 1. The van der Waals surface area contributed by atoms with Crippen LogP contribution >= 0.6 is 0 Å². The molecule has 1 aliphatic rings. The Hall–Kier alpha value is -3.54. The summed E-state index contributed by atoms with van der Waals surface area (Å²) in [6, 6.07) is 17.7. The summed E-state index contributed by atoms with van der Waals surface area (Å²) in [5.74, 6) is 1.94. The molecule has 6 nitrogen and oxygen atoms in total. The Kier molecular flexibility index (Phi) is 6.65. The molecule has 34 heavy (non-hydrogen) atoms. The molecule has 0 unspecified atom stereocenters. The van der Waals surface area contributed by atoms with Gasteiger partial charge in [-0.25, -0.2) is 4.98 Å². The first-order chi connectivity index (χ1) is 16.7. The molecule has 1 saturated carbocycles. The minimum Gasteiger partial charge on any atom is -0.494 e. The van der Waals surface area contributed by atoms with Crippen molar-refractivity contribution in [2.45, 2.75) is 44.9 Å². The van der Waals surface area contributed by atoms with Gasteiger partial charge in [-0.1, -0.05) is 31.4 Å². The molecule has 0 radical (unpaired) electrons. The van der Waals surface area contributed by atoms with Gasteiger partial charge in [-0.05, 0) is 72.4 Å². The first-order valence-electron chi connectivity index (χ1n) is 12.1. The van der Waals surface area contributed by atoms with Gasteiger partial charge in [-0.2, -0.15) is 0 Å². The van der Waals surface area contributed by atoms with Crippen molar-refractivity contribution in [3.8, 4) is 23.0 Å². The Morgan fingerprint density at radius 1 is 1.00 bits per heavy atom. The fourth-order valence-corrected chi connectivity index (χ4v) is 4.63. The Bertz CT molecular complexity index is 1290. The SMILES string of the molecule is O=C(O)CCCOc1ccc2c(-c3nc4ccc(OCC5CCCCC5)cc4o3)cccc2c1. The van der Waals surface area contributed by atoms with Crippen LogP contribution in [-0.4, -0.2) is 29.3 Å². The van der Waals surface area contributed by atoms with E-state index in [9.17, 15) is 4.79 Å². The number of hydrogen-bond donors (Lipinski definition) is 1. The Balaban J connectivity index is 1.33. The number of oxazole rings is 1. The highest BCUT2D eigenvalue weighted by atomic mass is 16.5. The second-order valence-electron chi connectivity index (χ2n) is 9.00. The van der Waals surface area contributed by atoms with Crippen LogP contribution in [0.1, 0.15) is 44.9 Å². The molecule has 0 bridgehead atoms. The molecule has 6 heteroatoms. The summed E-state index contributed by atoms with van der Waals surface area (Å²) in [6.07, 6.45) is 7.05. The molecule has 3 aromatic carbocycles. The fraction of sp³-hybridized carbons (Fsp3) is 0.357. The van der Waals surface area contributed by atoms with Crippen LogP contribution in [0.15, 0.2) is 59.0 Å². The van der Waals surface area contributed by atoms with Gasteiger partial charge in [-0.15, -0.1) is 0 Å². The molecule has 0 amide bonds. The summed E-state index contributed by atoms with van der Waals surface area (Å²) in [5, 5.41) is 10.8. The molecule has 0 spiro atoms. The lowest BCUT2D eigenvalue weighted by atomic mass is 9.90. The van der Waals surface area contributed by atoms with E-state index in [1.807, 2.05) is 54.6 Å². The number of carboxylic acids is 1. The standard InChI is InChI=1S/C28H29NO5/c30-27(31)10-5-15-32-21-11-13-23-20(16-21)8-4-9-24(23)28-29-25-14-12-22(17-26(25)34-28)33-18-19-6-2-1-3-7-19/h4,8-9,11-14,16-17,19H,1-3,5-7,10,15,18H2,(H,30,31). The van der Waals surface area contributed by atoms with E-state index in [0.717, 1.165) is 34.2 Å². The topological polar surface area (TPSA) is 81.8 Å². The molecule has 0 aliphatic heterocycles. The first-order valence-corrected chi connectivity index (χ1v) is 12.1. The van der Waals surface area contributed by atoms with Crippen LogP contribution in [0.2, 0.25) is 0 Å². The lowest BCUT2D eigenvalue weighted by Crippen LogP contribution is -2.15. The largest absolute Gasteiger partial charge is 0.494 e. The van der Waals surface area contributed by atoms with Crippen molar-refractivity contribution >= 4 is 27.8 Å². The van der Waals surface area contributed by atoms with E-state index in [1.54, 1.807) is 0 Å². The number of nitrogens with zero attached hydrogens (tertiary/aromatic N) is 1. The molecule has 1 aromatic heterocycles. The van der Waals surface area contributed by atoms with Crippen molar-refractivity contribution in [3.63, 3.8) is 0 Å². The van der Waals surface area contributed by atoms with Crippen molar-refractivity contribution in [2.24, 2.45) is 5.92 Å². The van der Waals surface area contributed by atoms with E-state index in [4.69, 9.17) is 24.0 Å². The average molecular weight is 460 g/mol. The Morgan fingerprint density at radius 3 is 2.68 bits per heavy atom. The highest BCUT2D eigenvalue weighted by Crippen LogP contribution is 2.33. The maximum atomic E-state index is 10.7. The van der Waals surface area contributed by atoms with Gasteiger partial charge in [0.15, 0.2) is 5.58 Å². The smallest absolute Gasteiger partial charge is 0.303 e. The van der Waals surface area contributed by atoms with Crippen LogP contribution in [0, 0.1) is 5.92 Å². The van der Waals surface area contributed by atoms with Crippen LogP contribution in [0.25, 0.3) is 33.3 Å². The number of rotatable bonds is 9. The van der Waals surface area contributed by atoms with Gasteiger partial charge in [0.1, 0.15) is 17.0 Å².